The molecule has 0 aliphatic heterocycles. The maximum atomic E-state index is 12.4. The van der Waals surface area contributed by atoms with Gasteiger partial charge in [0.05, 0.1) is 6.61 Å². The Kier molecular flexibility index (Phi) is 7.86. The number of hydrogen-bond donors (Lipinski definition) is 1. The molecule has 0 heterocycles. The van der Waals surface area contributed by atoms with Gasteiger partial charge in [0.1, 0.15) is 11.3 Å². The molecule has 0 radical (unpaired) electrons. The molecule has 1 amide bonds. The normalized spacial score (nSPS) is 12.7. The number of ether oxygens (including phenoxy) is 2. The van der Waals surface area contributed by atoms with E-state index in [0.717, 1.165) is 12.8 Å². The van der Waals surface area contributed by atoms with Crippen LogP contribution in [0.2, 0.25) is 0 Å². The van der Waals surface area contributed by atoms with Crippen LogP contribution in [-0.2, 0) is 16.0 Å². The van der Waals surface area contributed by atoms with Crippen LogP contribution >= 0.6 is 0 Å². The Balaban J connectivity index is 1.85. The van der Waals surface area contributed by atoms with Gasteiger partial charge in [-0.15, -0.1) is 0 Å². The summed E-state index contributed by atoms with van der Waals surface area (Å²) in [4.78, 5) is 24.7. The van der Waals surface area contributed by atoms with E-state index in [1.807, 2.05) is 32.0 Å². The quantitative estimate of drug-likeness (QED) is 0.684. The van der Waals surface area contributed by atoms with Gasteiger partial charge in [0.15, 0.2) is 6.10 Å². The fraction of sp³-hybridized carbons (Fsp3) is 0.364. The monoisotopic (exact) mass is 369 g/mol. The summed E-state index contributed by atoms with van der Waals surface area (Å²) in [6.07, 6.45) is 0.799. The molecule has 0 aliphatic carbocycles. The summed E-state index contributed by atoms with van der Waals surface area (Å²) in [5, 5.41) is 2.90. The number of carbonyl (C=O) groups excluding carboxylic acids is 2. The Morgan fingerprint density at radius 3 is 2.37 bits per heavy atom. The van der Waals surface area contributed by atoms with Gasteiger partial charge in [-0.05, 0) is 51.3 Å². The van der Waals surface area contributed by atoms with E-state index >= 15 is 0 Å². The number of esters is 1. The van der Waals surface area contributed by atoms with Crippen LogP contribution in [0.15, 0.2) is 54.6 Å². The second kappa shape index (κ2) is 10.4. The lowest BCUT2D eigenvalue weighted by Gasteiger charge is -2.18. The lowest BCUT2D eigenvalue weighted by atomic mass is 10.1. The van der Waals surface area contributed by atoms with Crippen LogP contribution in [0.4, 0.5) is 0 Å². The summed E-state index contributed by atoms with van der Waals surface area (Å²) < 4.78 is 10.8. The fourth-order valence-electron chi connectivity index (χ4n) is 2.65. The van der Waals surface area contributed by atoms with E-state index in [0.29, 0.717) is 17.9 Å². The number of nitrogens with one attached hydrogen (secondary N) is 1. The first-order valence-corrected chi connectivity index (χ1v) is 9.28. The highest BCUT2D eigenvalue weighted by molar-refractivity contribution is 5.94. The first kappa shape index (κ1) is 20.5. The molecule has 0 unspecified atom stereocenters. The van der Waals surface area contributed by atoms with Crippen molar-refractivity contribution in [2.24, 2.45) is 0 Å². The molecule has 2 atom stereocenters. The SMILES string of the molecule is CCOc1ccccc1C(=O)O[C@@H](C)C(=O)N[C@@H](C)CCc1ccccc1. The van der Waals surface area contributed by atoms with Crippen molar-refractivity contribution in [3.05, 3.63) is 65.7 Å². The molecule has 0 aromatic heterocycles. The molecule has 2 rings (SSSR count). The van der Waals surface area contributed by atoms with Crippen LogP contribution in [0.1, 0.15) is 43.1 Å². The fourth-order valence-corrected chi connectivity index (χ4v) is 2.65. The van der Waals surface area contributed by atoms with Gasteiger partial charge in [-0.2, -0.15) is 0 Å². The molecular formula is C22H27NO4. The third kappa shape index (κ3) is 6.44. The van der Waals surface area contributed by atoms with Gasteiger partial charge in [0.2, 0.25) is 0 Å². The van der Waals surface area contributed by atoms with E-state index in [1.165, 1.54) is 5.56 Å². The van der Waals surface area contributed by atoms with Crippen LogP contribution in [0.5, 0.6) is 5.75 Å². The number of para-hydroxylation sites is 1. The third-order valence-corrected chi connectivity index (χ3v) is 4.16. The predicted molar refractivity (Wildman–Crippen MR) is 105 cm³/mol. The van der Waals surface area contributed by atoms with E-state index < -0.39 is 12.1 Å². The van der Waals surface area contributed by atoms with Gasteiger partial charge in [-0.3, -0.25) is 4.79 Å². The van der Waals surface area contributed by atoms with Crippen LogP contribution in [0.3, 0.4) is 0 Å². The van der Waals surface area contributed by atoms with Crippen molar-refractivity contribution >= 4 is 11.9 Å². The number of hydrogen-bond acceptors (Lipinski definition) is 4. The average Bonchev–Trinajstić information content (AvgIpc) is 2.67. The average molecular weight is 369 g/mol. The van der Waals surface area contributed by atoms with Gasteiger partial charge in [0, 0.05) is 6.04 Å². The number of aryl methyl sites for hydroxylation is 1. The van der Waals surface area contributed by atoms with Crippen LogP contribution < -0.4 is 10.1 Å². The molecule has 0 fully saturated rings. The maximum absolute atomic E-state index is 12.4. The molecule has 0 saturated carbocycles. The number of rotatable bonds is 9. The van der Waals surface area contributed by atoms with Crippen molar-refractivity contribution < 1.29 is 19.1 Å². The van der Waals surface area contributed by atoms with E-state index in [-0.39, 0.29) is 11.9 Å². The molecule has 0 spiro atoms. The molecule has 0 aliphatic rings. The Morgan fingerprint density at radius 1 is 1.00 bits per heavy atom. The van der Waals surface area contributed by atoms with Gasteiger partial charge >= 0.3 is 5.97 Å². The summed E-state index contributed by atoms with van der Waals surface area (Å²) in [6.45, 7) is 5.80. The molecular weight excluding hydrogens is 342 g/mol. The van der Waals surface area contributed by atoms with E-state index in [4.69, 9.17) is 9.47 Å². The summed E-state index contributed by atoms with van der Waals surface area (Å²) in [6, 6.07) is 16.9. The Bertz CT molecular complexity index is 745. The lowest BCUT2D eigenvalue weighted by Crippen LogP contribution is -2.41. The lowest BCUT2D eigenvalue weighted by molar-refractivity contribution is -0.129. The molecule has 0 bridgehead atoms. The highest BCUT2D eigenvalue weighted by Gasteiger charge is 2.22. The zero-order valence-corrected chi connectivity index (χ0v) is 16.1. The van der Waals surface area contributed by atoms with E-state index in [1.54, 1.807) is 31.2 Å². The molecule has 5 nitrogen and oxygen atoms in total. The first-order valence-electron chi connectivity index (χ1n) is 9.28. The summed E-state index contributed by atoms with van der Waals surface area (Å²) in [5.41, 5.74) is 1.54. The summed E-state index contributed by atoms with van der Waals surface area (Å²) in [7, 11) is 0. The Labute approximate surface area is 160 Å². The van der Waals surface area contributed by atoms with E-state index in [2.05, 4.69) is 17.4 Å². The highest BCUT2D eigenvalue weighted by atomic mass is 16.5. The van der Waals surface area contributed by atoms with Crippen molar-refractivity contribution in [2.45, 2.75) is 45.8 Å². The Morgan fingerprint density at radius 2 is 1.67 bits per heavy atom. The second-order valence-electron chi connectivity index (χ2n) is 6.41. The third-order valence-electron chi connectivity index (χ3n) is 4.16. The highest BCUT2D eigenvalue weighted by Crippen LogP contribution is 2.19. The minimum Gasteiger partial charge on any atom is -0.493 e. The van der Waals surface area contributed by atoms with Gasteiger partial charge < -0.3 is 14.8 Å². The standard InChI is InChI=1S/C22H27NO4/c1-4-26-20-13-9-8-12-19(20)22(25)27-17(3)21(24)23-16(2)14-15-18-10-6-5-7-11-18/h5-13,16-17H,4,14-15H2,1-3H3,(H,23,24)/t16-,17-/m0/s1. The predicted octanol–water partition coefficient (Wildman–Crippen LogP) is 3.77. The maximum Gasteiger partial charge on any atom is 0.342 e. The zero-order chi connectivity index (χ0) is 19.6. The minimum atomic E-state index is -0.883. The number of amides is 1. The summed E-state index contributed by atoms with van der Waals surface area (Å²) in [5.74, 6) is -0.426. The molecule has 2 aromatic carbocycles. The van der Waals surface area contributed by atoms with Gasteiger partial charge in [0.25, 0.3) is 5.91 Å². The van der Waals surface area contributed by atoms with Crippen LogP contribution in [0, 0.1) is 0 Å². The molecule has 27 heavy (non-hydrogen) atoms. The van der Waals surface area contributed by atoms with Crippen molar-refractivity contribution in [3.63, 3.8) is 0 Å². The summed E-state index contributed by atoms with van der Waals surface area (Å²) >= 11 is 0. The van der Waals surface area contributed by atoms with Crippen molar-refractivity contribution in [3.8, 4) is 5.75 Å². The van der Waals surface area contributed by atoms with Gasteiger partial charge in [-0.25, -0.2) is 4.79 Å². The van der Waals surface area contributed by atoms with Crippen molar-refractivity contribution in [1.82, 2.24) is 5.32 Å². The molecule has 0 saturated heterocycles. The second-order valence-corrected chi connectivity index (χ2v) is 6.41. The molecule has 144 valence electrons. The zero-order valence-electron chi connectivity index (χ0n) is 16.1. The smallest absolute Gasteiger partial charge is 0.342 e. The molecule has 1 N–H and O–H groups in total. The first-order chi connectivity index (χ1) is 13.0. The van der Waals surface area contributed by atoms with Crippen LogP contribution in [0.25, 0.3) is 0 Å². The topological polar surface area (TPSA) is 64.6 Å². The number of carbonyl (C=O) groups is 2. The Hall–Kier alpha value is -2.82. The molecule has 2 aromatic rings. The number of benzene rings is 2. The van der Waals surface area contributed by atoms with E-state index in [9.17, 15) is 9.59 Å². The largest absolute Gasteiger partial charge is 0.493 e. The molecule has 5 heteroatoms. The van der Waals surface area contributed by atoms with Gasteiger partial charge in [-0.1, -0.05) is 42.5 Å². The van der Waals surface area contributed by atoms with Crippen molar-refractivity contribution in [2.75, 3.05) is 6.61 Å². The van der Waals surface area contributed by atoms with Crippen molar-refractivity contribution in [1.29, 1.82) is 0 Å². The minimum absolute atomic E-state index is 0.0189. The van der Waals surface area contributed by atoms with Crippen LogP contribution in [-0.4, -0.2) is 30.6 Å².